The first-order chi connectivity index (χ1) is 6.70. The molecule has 2 nitrogen and oxygen atoms in total. The molecule has 0 saturated heterocycles. The van der Waals surface area contributed by atoms with Crippen molar-refractivity contribution in [2.75, 3.05) is 31.1 Å². The number of hydrogen-bond donors (Lipinski definition) is 1. The summed E-state index contributed by atoms with van der Waals surface area (Å²) in [6.45, 7) is 10.1. The summed E-state index contributed by atoms with van der Waals surface area (Å²) in [5.41, 5.74) is 5.68. The zero-order chi connectivity index (χ0) is 10.8. The monoisotopic (exact) mass is 218 g/mol. The molecule has 0 aromatic carbocycles. The van der Waals surface area contributed by atoms with Crippen molar-refractivity contribution in [2.24, 2.45) is 5.73 Å². The van der Waals surface area contributed by atoms with E-state index in [1.165, 1.54) is 37.6 Å². The molecule has 0 amide bonds. The fourth-order valence-corrected chi connectivity index (χ4v) is 2.31. The molecule has 0 bridgehead atoms. The lowest BCUT2D eigenvalue weighted by Gasteiger charge is -2.17. The SMILES string of the molecule is CCN(CC)CCSCCCC(C)N. The van der Waals surface area contributed by atoms with Gasteiger partial charge in [-0.2, -0.15) is 11.8 Å². The van der Waals surface area contributed by atoms with Crippen LogP contribution in [0.25, 0.3) is 0 Å². The zero-order valence-electron chi connectivity index (χ0n) is 9.96. The van der Waals surface area contributed by atoms with E-state index in [0.29, 0.717) is 6.04 Å². The van der Waals surface area contributed by atoms with Gasteiger partial charge in [0, 0.05) is 18.3 Å². The first kappa shape index (κ1) is 14.3. The normalized spacial score (nSPS) is 13.5. The predicted octanol–water partition coefficient (Wildman–Crippen LogP) is 2.19. The highest BCUT2D eigenvalue weighted by atomic mass is 32.2. The summed E-state index contributed by atoms with van der Waals surface area (Å²) in [7, 11) is 0. The summed E-state index contributed by atoms with van der Waals surface area (Å²) in [4.78, 5) is 2.47. The molecule has 1 unspecified atom stereocenters. The molecular weight excluding hydrogens is 192 g/mol. The highest BCUT2D eigenvalue weighted by Gasteiger charge is 1.98. The van der Waals surface area contributed by atoms with Gasteiger partial charge in [-0.3, -0.25) is 0 Å². The Labute approximate surface area is 93.6 Å². The van der Waals surface area contributed by atoms with Crippen LogP contribution in [0.1, 0.15) is 33.6 Å². The minimum absolute atomic E-state index is 0.374. The van der Waals surface area contributed by atoms with Gasteiger partial charge in [0.15, 0.2) is 0 Å². The van der Waals surface area contributed by atoms with E-state index in [-0.39, 0.29) is 0 Å². The summed E-state index contributed by atoms with van der Waals surface area (Å²) < 4.78 is 0. The Balaban J connectivity index is 3.12. The lowest BCUT2D eigenvalue weighted by molar-refractivity contribution is 0.324. The van der Waals surface area contributed by atoms with E-state index in [1.54, 1.807) is 0 Å². The molecule has 0 fully saturated rings. The van der Waals surface area contributed by atoms with Gasteiger partial charge in [-0.25, -0.2) is 0 Å². The van der Waals surface area contributed by atoms with Crippen LogP contribution in [0, 0.1) is 0 Å². The third-order valence-corrected chi connectivity index (χ3v) is 3.44. The number of nitrogens with zero attached hydrogens (tertiary/aromatic N) is 1. The quantitative estimate of drug-likeness (QED) is 0.602. The van der Waals surface area contributed by atoms with E-state index in [2.05, 4.69) is 37.4 Å². The minimum atomic E-state index is 0.374. The Bertz CT molecular complexity index is 114. The van der Waals surface area contributed by atoms with E-state index < -0.39 is 0 Å². The van der Waals surface area contributed by atoms with Crippen molar-refractivity contribution < 1.29 is 0 Å². The molecule has 0 spiro atoms. The van der Waals surface area contributed by atoms with Gasteiger partial charge in [0.25, 0.3) is 0 Å². The number of nitrogens with two attached hydrogens (primary N) is 1. The number of rotatable bonds is 9. The molecule has 86 valence electrons. The highest BCUT2D eigenvalue weighted by molar-refractivity contribution is 7.99. The van der Waals surface area contributed by atoms with E-state index in [1.807, 2.05) is 0 Å². The van der Waals surface area contributed by atoms with Crippen LogP contribution in [-0.2, 0) is 0 Å². The summed E-state index contributed by atoms with van der Waals surface area (Å²) in [6, 6.07) is 0.374. The van der Waals surface area contributed by atoms with Crippen LogP contribution in [0.2, 0.25) is 0 Å². The van der Waals surface area contributed by atoms with Gasteiger partial charge < -0.3 is 10.6 Å². The highest BCUT2D eigenvalue weighted by Crippen LogP contribution is 2.06. The van der Waals surface area contributed by atoms with Crippen LogP contribution >= 0.6 is 11.8 Å². The molecule has 14 heavy (non-hydrogen) atoms. The Hall–Kier alpha value is 0.270. The summed E-state index contributed by atoms with van der Waals surface area (Å²) in [5.74, 6) is 2.53. The molecule has 0 aromatic heterocycles. The van der Waals surface area contributed by atoms with Crippen molar-refractivity contribution in [3.05, 3.63) is 0 Å². The molecule has 0 aromatic rings. The second kappa shape index (κ2) is 9.81. The van der Waals surface area contributed by atoms with Crippen molar-refractivity contribution in [1.29, 1.82) is 0 Å². The average Bonchev–Trinajstić information content (AvgIpc) is 2.16. The molecule has 3 heteroatoms. The van der Waals surface area contributed by atoms with Crippen molar-refractivity contribution in [3.63, 3.8) is 0 Å². The van der Waals surface area contributed by atoms with Gasteiger partial charge in [0.2, 0.25) is 0 Å². The van der Waals surface area contributed by atoms with E-state index in [9.17, 15) is 0 Å². The van der Waals surface area contributed by atoms with Crippen LogP contribution in [-0.4, -0.2) is 42.1 Å². The van der Waals surface area contributed by atoms with E-state index in [4.69, 9.17) is 5.73 Å². The molecule has 0 aliphatic rings. The first-order valence-electron chi connectivity index (χ1n) is 5.76. The topological polar surface area (TPSA) is 29.3 Å². The van der Waals surface area contributed by atoms with Gasteiger partial charge in [0.05, 0.1) is 0 Å². The van der Waals surface area contributed by atoms with Crippen molar-refractivity contribution in [3.8, 4) is 0 Å². The minimum Gasteiger partial charge on any atom is -0.328 e. The molecule has 0 aliphatic heterocycles. The lowest BCUT2D eigenvalue weighted by Crippen LogP contribution is -2.25. The lowest BCUT2D eigenvalue weighted by atomic mass is 10.2. The summed E-state index contributed by atoms with van der Waals surface area (Å²) in [5, 5.41) is 0. The first-order valence-corrected chi connectivity index (χ1v) is 6.91. The molecule has 0 aliphatic carbocycles. The van der Waals surface area contributed by atoms with Gasteiger partial charge in [-0.1, -0.05) is 13.8 Å². The van der Waals surface area contributed by atoms with E-state index in [0.717, 1.165) is 6.42 Å². The molecule has 0 heterocycles. The molecule has 1 atom stereocenters. The number of hydrogen-bond acceptors (Lipinski definition) is 3. The summed E-state index contributed by atoms with van der Waals surface area (Å²) in [6.07, 6.45) is 2.43. The van der Waals surface area contributed by atoms with Crippen molar-refractivity contribution in [2.45, 2.75) is 39.7 Å². The standard InChI is InChI=1S/C11H26N2S/c1-4-13(5-2)8-10-14-9-6-7-11(3)12/h11H,4-10,12H2,1-3H3. The average molecular weight is 218 g/mol. The molecule has 0 rings (SSSR count). The fourth-order valence-electron chi connectivity index (χ4n) is 1.34. The van der Waals surface area contributed by atoms with Crippen LogP contribution in [0.5, 0.6) is 0 Å². The van der Waals surface area contributed by atoms with Gasteiger partial charge >= 0.3 is 0 Å². The molecule has 0 radical (unpaired) electrons. The van der Waals surface area contributed by atoms with Crippen molar-refractivity contribution in [1.82, 2.24) is 4.90 Å². The predicted molar refractivity (Wildman–Crippen MR) is 68.0 cm³/mol. The molecular formula is C11H26N2S. The van der Waals surface area contributed by atoms with Gasteiger partial charge in [-0.15, -0.1) is 0 Å². The molecule has 2 N–H and O–H groups in total. The van der Waals surface area contributed by atoms with E-state index >= 15 is 0 Å². The van der Waals surface area contributed by atoms with Crippen molar-refractivity contribution >= 4 is 11.8 Å². The second-order valence-corrected chi connectivity index (χ2v) is 4.98. The van der Waals surface area contributed by atoms with Crippen LogP contribution < -0.4 is 5.73 Å². The van der Waals surface area contributed by atoms with Gasteiger partial charge in [0.1, 0.15) is 0 Å². The number of thioether (sulfide) groups is 1. The maximum atomic E-state index is 5.68. The fraction of sp³-hybridized carbons (Fsp3) is 1.00. The Morgan fingerprint density at radius 1 is 1.21 bits per heavy atom. The van der Waals surface area contributed by atoms with Crippen LogP contribution in [0.3, 0.4) is 0 Å². The van der Waals surface area contributed by atoms with Crippen LogP contribution in [0.15, 0.2) is 0 Å². The Morgan fingerprint density at radius 2 is 1.86 bits per heavy atom. The zero-order valence-corrected chi connectivity index (χ0v) is 10.8. The third-order valence-electron chi connectivity index (χ3n) is 2.39. The second-order valence-electron chi connectivity index (χ2n) is 3.76. The third kappa shape index (κ3) is 8.85. The Kier molecular flexibility index (Phi) is 10.0. The Morgan fingerprint density at radius 3 is 2.36 bits per heavy atom. The van der Waals surface area contributed by atoms with Gasteiger partial charge in [-0.05, 0) is 38.6 Å². The largest absolute Gasteiger partial charge is 0.328 e. The van der Waals surface area contributed by atoms with Crippen LogP contribution in [0.4, 0.5) is 0 Å². The smallest absolute Gasteiger partial charge is 0.00721 e. The maximum absolute atomic E-state index is 5.68. The summed E-state index contributed by atoms with van der Waals surface area (Å²) >= 11 is 2.06. The molecule has 0 saturated carbocycles. The maximum Gasteiger partial charge on any atom is 0.00721 e.